The minimum Gasteiger partial charge on any atom is -0.236 e. The average Bonchev–Trinajstić information content (AvgIpc) is 1.59. The highest BCUT2D eigenvalue weighted by atomic mass is 14.9. The molecule has 0 N–H and O–H groups in total. The van der Waals surface area contributed by atoms with E-state index < -0.39 is 0 Å². The molecule has 0 unspecified atom stereocenters. The third-order valence-electron chi connectivity index (χ3n) is 0.931. The van der Waals surface area contributed by atoms with Gasteiger partial charge in [-0.2, -0.15) is 0 Å². The Hall–Kier alpha value is -0.0400. The zero-order chi connectivity index (χ0) is 7.49. The van der Waals surface area contributed by atoms with Crippen LogP contribution in [0.3, 0.4) is 0 Å². The van der Waals surface area contributed by atoms with E-state index in [1.807, 2.05) is 0 Å². The first-order valence-corrected chi connectivity index (χ1v) is 3.60. The van der Waals surface area contributed by atoms with Crippen LogP contribution in [-0.2, 0) is 0 Å². The van der Waals surface area contributed by atoms with Crippen molar-refractivity contribution >= 4 is 0 Å². The second-order valence-electron chi connectivity index (χ2n) is 3.91. The van der Waals surface area contributed by atoms with Crippen molar-refractivity contribution < 1.29 is 0 Å². The molecule has 0 aliphatic rings. The van der Waals surface area contributed by atoms with Gasteiger partial charge in [0.25, 0.3) is 0 Å². The molecule has 55 valence electrons. The maximum atomic E-state index is 4.46. The van der Waals surface area contributed by atoms with Crippen molar-refractivity contribution in [1.29, 1.82) is 0 Å². The highest BCUT2D eigenvalue weighted by molar-refractivity contribution is 4.69. The van der Waals surface area contributed by atoms with Crippen molar-refractivity contribution in [2.24, 2.45) is 5.92 Å². The fourth-order valence-corrected chi connectivity index (χ4v) is 0.456. The molecule has 1 radical (unpaired) electrons. The average molecular weight is 128 g/mol. The maximum Gasteiger partial charge on any atom is 0.0272 e. The number of hydrogen-bond acceptors (Lipinski definition) is 0. The van der Waals surface area contributed by atoms with Gasteiger partial charge in [-0.1, -0.05) is 13.8 Å². The van der Waals surface area contributed by atoms with Crippen molar-refractivity contribution in [3.63, 3.8) is 0 Å². The van der Waals surface area contributed by atoms with Crippen LogP contribution in [0.5, 0.6) is 0 Å². The van der Waals surface area contributed by atoms with Gasteiger partial charge in [0.05, 0.1) is 0 Å². The van der Waals surface area contributed by atoms with Crippen LogP contribution in [0.4, 0.5) is 0 Å². The molecule has 0 aromatic carbocycles. The monoisotopic (exact) mass is 128 g/mol. The van der Waals surface area contributed by atoms with Crippen molar-refractivity contribution in [3.05, 3.63) is 0 Å². The van der Waals surface area contributed by atoms with Gasteiger partial charge in [-0.25, -0.2) is 5.32 Å². The van der Waals surface area contributed by atoms with Gasteiger partial charge in [-0.05, 0) is 26.7 Å². The maximum absolute atomic E-state index is 4.46. The Morgan fingerprint density at radius 1 is 1.22 bits per heavy atom. The molecule has 0 fully saturated rings. The first-order chi connectivity index (χ1) is 3.92. The van der Waals surface area contributed by atoms with Crippen LogP contribution in [0.25, 0.3) is 0 Å². The van der Waals surface area contributed by atoms with Gasteiger partial charge in [-0.15, -0.1) is 0 Å². The summed E-state index contributed by atoms with van der Waals surface area (Å²) >= 11 is 0. The van der Waals surface area contributed by atoms with E-state index in [4.69, 9.17) is 0 Å². The van der Waals surface area contributed by atoms with E-state index >= 15 is 0 Å². The highest BCUT2D eigenvalue weighted by Gasteiger charge is 2.09. The molecular formula is C8H18N. The molecule has 1 nitrogen and oxygen atoms in total. The van der Waals surface area contributed by atoms with E-state index in [1.54, 1.807) is 0 Å². The molecule has 9 heavy (non-hydrogen) atoms. The van der Waals surface area contributed by atoms with Crippen LogP contribution in [0.15, 0.2) is 0 Å². The minimum absolute atomic E-state index is 0.157. The summed E-state index contributed by atoms with van der Waals surface area (Å²) in [6.45, 7) is 11.8. The Labute approximate surface area is 58.8 Å². The van der Waals surface area contributed by atoms with Crippen molar-refractivity contribution in [2.75, 3.05) is 6.54 Å². The molecule has 0 rings (SSSR count). The Morgan fingerprint density at radius 2 is 1.67 bits per heavy atom. The van der Waals surface area contributed by atoms with Crippen molar-refractivity contribution in [3.8, 4) is 0 Å². The van der Waals surface area contributed by atoms with E-state index in [2.05, 4.69) is 39.9 Å². The predicted molar refractivity (Wildman–Crippen MR) is 41.6 cm³/mol. The van der Waals surface area contributed by atoms with Gasteiger partial charge >= 0.3 is 0 Å². The summed E-state index contributed by atoms with van der Waals surface area (Å²) in [7, 11) is 0. The highest BCUT2D eigenvalue weighted by Crippen LogP contribution is 2.02. The zero-order valence-corrected chi connectivity index (χ0v) is 7.23. The Kier molecular flexibility index (Phi) is 3.20. The van der Waals surface area contributed by atoms with Gasteiger partial charge in [-0.3, -0.25) is 0 Å². The fraction of sp³-hybridized carbons (Fsp3) is 1.00. The molecule has 0 aromatic heterocycles. The van der Waals surface area contributed by atoms with Crippen molar-refractivity contribution in [2.45, 2.75) is 40.2 Å². The first-order valence-electron chi connectivity index (χ1n) is 3.60. The van der Waals surface area contributed by atoms with Gasteiger partial charge in [0.2, 0.25) is 0 Å². The molecule has 1 heteroatoms. The smallest absolute Gasteiger partial charge is 0.0272 e. The molecule has 0 saturated carbocycles. The number of rotatable bonds is 2. The topological polar surface area (TPSA) is 14.1 Å². The summed E-state index contributed by atoms with van der Waals surface area (Å²) in [6.07, 6.45) is 0. The second kappa shape index (κ2) is 3.21. The Bertz CT molecular complexity index is 69.1. The van der Waals surface area contributed by atoms with Gasteiger partial charge < -0.3 is 0 Å². The largest absolute Gasteiger partial charge is 0.236 e. The van der Waals surface area contributed by atoms with E-state index in [9.17, 15) is 0 Å². The van der Waals surface area contributed by atoms with Crippen LogP contribution in [-0.4, -0.2) is 12.1 Å². The number of nitrogens with zero attached hydrogens (tertiary/aromatic N) is 1. The fourth-order valence-electron chi connectivity index (χ4n) is 0.456. The predicted octanol–water partition coefficient (Wildman–Crippen LogP) is 2.05. The molecule has 0 heterocycles. The van der Waals surface area contributed by atoms with Crippen LogP contribution in [0.2, 0.25) is 0 Å². The molecule has 0 amide bonds. The van der Waals surface area contributed by atoms with E-state index in [0.29, 0.717) is 5.92 Å². The molecular weight excluding hydrogens is 110 g/mol. The molecule has 0 atom stereocenters. The normalized spacial score (nSPS) is 12.7. The van der Waals surface area contributed by atoms with E-state index in [-0.39, 0.29) is 5.54 Å². The van der Waals surface area contributed by atoms with Gasteiger partial charge in [0.1, 0.15) is 0 Å². The Balaban J connectivity index is 3.28. The Morgan fingerprint density at radius 3 is 1.78 bits per heavy atom. The molecule has 0 spiro atoms. The summed E-state index contributed by atoms with van der Waals surface area (Å²) in [4.78, 5) is 0. The number of hydrogen-bond donors (Lipinski definition) is 0. The lowest BCUT2D eigenvalue weighted by atomic mass is 10.1. The summed E-state index contributed by atoms with van der Waals surface area (Å²) in [5, 5.41) is 4.46. The van der Waals surface area contributed by atoms with E-state index in [0.717, 1.165) is 6.54 Å². The standard InChI is InChI=1S/C8H18N/c1-7(2)6-9-8(3,4)5/h7H,6H2,1-5H3. The summed E-state index contributed by atoms with van der Waals surface area (Å²) in [5.74, 6) is 0.698. The first kappa shape index (κ1) is 8.96. The molecule has 0 saturated heterocycles. The van der Waals surface area contributed by atoms with Crippen LogP contribution < -0.4 is 5.32 Å². The molecule has 0 aliphatic heterocycles. The van der Waals surface area contributed by atoms with Crippen LogP contribution >= 0.6 is 0 Å². The van der Waals surface area contributed by atoms with Gasteiger partial charge in [0, 0.05) is 12.1 Å². The summed E-state index contributed by atoms with van der Waals surface area (Å²) in [5.41, 5.74) is 0.157. The second-order valence-corrected chi connectivity index (χ2v) is 3.91. The lowest BCUT2D eigenvalue weighted by Gasteiger charge is -2.19. The minimum atomic E-state index is 0.157. The summed E-state index contributed by atoms with van der Waals surface area (Å²) < 4.78 is 0. The van der Waals surface area contributed by atoms with Crippen molar-refractivity contribution in [1.82, 2.24) is 5.32 Å². The SMILES string of the molecule is CC(C)C[N]C(C)(C)C. The van der Waals surface area contributed by atoms with Crippen LogP contribution in [0, 0.1) is 5.92 Å². The van der Waals surface area contributed by atoms with E-state index in [1.165, 1.54) is 0 Å². The lowest BCUT2D eigenvalue weighted by molar-refractivity contribution is 0.384. The molecule has 0 bridgehead atoms. The molecule has 0 aliphatic carbocycles. The third kappa shape index (κ3) is 7.96. The third-order valence-corrected chi connectivity index (χ3v) is 0.931. The molecule has 0 aromatic rings. The zero-order valence-electron chi connectivity index (χ0n) is 7.23. The quantitative estimate of drug-likeness (QED) is 0.540. The van der Waals surface area contributed by atoms with Gasteiger partial charge in [0.15, 0.2) is 0 Å². The van der Waals surface area contributed by atoms with Crippen LogP contribution in [0.1, 0.15) is 34.6 Å². The lowest BCUT2D eigenvalue weighted by Crippen LogP contribution is -2.31. The summed E-state index contributed by atoms with van der Waals surface area (Å²) in [6, 6.07) is 0.